The van der Waals surface area contributed by atoms with Crippen LogP contribution in [0.4, 0.5) is 13.2 Å². The van der Waals surface area contributed by atoms with Gasteiger partial charge in [0.25, 0.3) is 5.89 Å². The van der Waals surface area contributed by atoms with Crippen LogP contribution in [0.1, 0.15) is 11.5 Å². The number of rotatable bonds is 4. The third kappa shape index (κ3) is 3.08. The van der Waals surface area contributed by atoms with Gasteiger partial charge in [0.1, 0.15) is 11.0 Å². The first-order valence-corrected chi connectivity index (χ1v) is 7.44. The summed E-state index contributed by atoms with van der Waals surface area (Å²) in [5, 5.41) is 15.2. The Bertz CT molecular complexity index is 1040. The Morgan fingerprint density at radius 2 is 1.81 bits per heavy atom. The fourth-order valence-electron chi connectivity index (χ4n) is 2.30. The minimum absolute atomic E-state index is 0.0858. The molecule has 0 saturated carbocycles. The Morgan fingerprint density at radius 3 is 2.58 bits per heavy atom. The molecule has 2 aromatic heterocycles. The van der Waals surface area contributed by atoms with Crippen molar-refractivity contribution in [3.63, 3.8) is 0 Å². The first-order chi connectivity index (χ1) is 12.5. The third-order valence-corrected chi connectivity index (χ3v) is 3.54. The monoisotopic (exact) mass is 361 g/mol. The van der Waals surface area contributed by atoms with E-state index in [9.17, 15) is 13.2 Å². The molecule has 0 aliphatic rings. The summed E-state index contributed by atoms with van der Waals surface area (Å²) in [6.45, 7) is -0.172. The van der Waals surface area contributed by atoms with E-state index in [1.54, 1.807) is 0 Å². The maximum Gasteiger partial charge on any atom is 0.416 e. The molecule has 0 bridgehead atoms. The molecule has 4 rings (SSSR count). The molecule has 10 heteroatoms. The van der Waals surface area contributed by atoms with Crippen molar-refractivity contribution in [1.29, 1.82) is 0 Å². The number of halogens is 3. The molecular weight excluding hydrogens is 351 g/mol. The number of alkyl halides is 3. The Balaban J connectivity index is 1.54. The van der Waals surface area contributed by atoms with Crippen molar-refractivity contribution in [2.24, 2.45) is 0 Å². The zero-order valence-corrected chi connectivity index (χ0v) is 13.0. The van der Waals surface area contributed by atoms with Gasteiger partial charge in [0.05, 0.1) is 5.56 Å². The van der Waals surface area contributed by atoms with Crippen LogP contribution in [0, 0.1) is 0 Å². The minimum atomic E-state index is -4.47. The molecule has 0 fully saturated rings. The van der Waals surface area contributed by atoms with Gasteiger partial charge in [-0.25, -0.2) is 0 Å². The van der Waals surface area contributed by atoms with Crippen molar-refractivity contribution in [3.05, 3.63) is 60.0 Å². The highest BCUT2D eigenvalue weighted by Crippen LogP contribution is 2.30. The van der Waals surface area contributed by atoms with Gasteiger partial charge in [-0.3, -0.25) is 0 Å². The van der Waals surface area contributed by atoms with Crippen molar-refractivity contribution in [2.45, 2.75) is 12.8 Å². The minimum Gasteiger partial charge on any atom is -0.417 e. The SMILES string of the molecule is FC(F)(F)c1ccc2nnn(OCc3nnc(-c4ccccc4)o3)c2c1. The molecule has 7 nitrogen and oxygen atoms in total. The van der Waals surface area contributed by atoms with Crippen LogP contribution in [-0.2, 0) is 12.8 Å². The Hall–Kier alpha value is -3.43. The lowest BCUT2D eigenvalue weighted by Gasteiger charge is -2.07. The van der Waals surface area contributed by atoms with Gasteiger partial charge in [-0.05, 0) is 35.5 Å². The summed E-state index contributed by atoms with van der Waals surface area (Å²) >= 11 is 0. The molecule has 132 valence electrons. The Morgan fingerprint density at radius 1 is 1.00 bits per heavy atom. The van der Waals surface area contributed by atoms with E-state index < -0.39 is 11.7 Å². The van der Waals surface area contributed by atoms with Gasteiger partial charge in [0.2, 0.25) is 5.89 Å². The van der Waals surface area contributed by atoms with Gasteiger partial charge in [-0.15, -0.1) is 15.3 Å². The van der Waals surface area contributed by atoms with Crippen LogP contribution in [0.2, 0.25) is 0 Å². The summed E-state index contributed by atoms with van der Waals surface area (Å²) in [5.74, 6) is 0.464. The molecule has 0 spiro atoms. The van der Waals surface area contributed by atoms with Crippen LogP contribution in [-0.4, -0.2) is 25.4 Å². The topological polar surface area (TPSA) is 78.9 Å². The lowest BCUT2D eigenvalue weighted by molar-refractivity contribution is -0.137. The van der Waals surface area contributed by atoms with Crippen LogP contribution in [0.3, 0.4) is 0 Å². The molecule has 0 radical (unpaired) electrons. The number of nitrogens with zero attached hydrogens (tertiary/aromatic N) is 5. The normalized spacial score (nSPS) is 11.8. The van der Waals surface area contributed by atoms with Crippen molar-refractivity contribution < 1.29 is 22.4 Å². The van der Waals surface area contributed by atoms with E-state index in [1.165, 1.54) is 6.07 Å². The van der Waals surface area contributed by atoms with Gasteiger partial charge >= 0.3 is 6.18 Å². The predicted octanol–water partition coefficient (Wildman–Crippen LogP) is 3.13. The molecule has 0 saturated heterocycles. The summed E-state index contributed by atoms with van der Waals surface area (Å²) in [4.78, 5) is 6.24. The molecule has 0 amide bonds. The molecule has 2 heterocycles. The quantitative estimate of drug-likeness (QED) is 0.556. The van der Waals surface area contributed by atoms with Gasteiger partial charge in [-0.1, -0.05) is 23.0 Å². The maximum absolute atomic E-state index is 12.8. The van der Waals surface area contributed by atoms with E-state index in [2.05, 4.69) is 20.5 Å². The lowest BCUT2D eigenvalue weighted by Crippen LogP contribution is -2.13. The first kappa shape index (κ1) is 16.1. The van der Waals surface area contributed by atoms with Crippen molar-refractivity contribution in [2.75, 3.05) is 0 Å². The van der Waals surface area contributed by atoms with Gasteiger partial charge in [-0.2, -0.15) is 13.2 Å². The van der Waals surface area contributed by atoms with Crippen LogP contribution in [0.25, 0.3) is 22.5 Å². The van der Waals surface area contributed by atoms with Crippen LogP contribution < -0.4 is 4.84 Å². The molecular formula is C16H10F3N5O2. The smallest absolute Gasteiger partial charge is 0.416 e. The third-order valence-electron chi connectivity index (χ3n) is 3.54. The average Bonchev–Trinajstić information content (AvgIpc) is 3.26. The van der Waals surface area contributed by atoms with Crippen molar-refractivity contribution in [3.8, 4) is 11.5 Å². The van der Waals surface area contributed by atoms with Crippen LogP contribution in [0.5, 0.6) is 0 Å². The molecule has 0 aliphatic heterocycles. The van der Waals surface area contributed by atoms with E-state index in [1.807, 2.05) is 30.3 Å². The summed E-state index contributed by atoms with van der Waals surface area (Å²) in [6, 6.07) is 12.2. The standard InChI is InChI=1S/C16H10F3N5O2/c17-16(18,19)11-6-7-12-13(8-11)24(23-20-12)25-9-14-21-22-15(26-14)10-4-2-1-3-5-10/h1-8H,9H2. The zero-order valence-electron chi connectivity index (χ0n) is 13.0. The van der Waals surface area contributed by atoms with E-state index in [0.717, 1.165) is 22.5 Å². The second-order valence-corrected chi connectivity index (χ2v) is 5.30. The highest BCUT2D eigenvalue weighted by Gasteiger charge is 2.31. The van der Waals surface area contributed by atoms with E-state index >= 15 is 0 Å². The van der Waals surface area contributed by atoms with Gasteiger partial charge in [0, 0.05) is 5.56 Å². The van der Waals surface area contributed by atoms with E-state index in [-0.39, 0.29) is 23.5 Å². The molecule has 26 heavy (non-hydrogen) atoms. The molecule has 0 aliphatic carbocycles. The van der Waals surface area contributed by atoms with Gasteiger partial charge < -0.3 is 9.25 Å². The second kappa shape index (κ2) is 6.14. The number of benzene rings is 2. The maximum atomic E-state index is 12.8. The zero-order chi connectivity index (χ0) is 18.1. The molecule has 2 aromatic carbocycles. The predicted molar refractivity (Wildman–Crippen MR) is 82.5 cm³/mol. The fourth-order valence-corrected chi connectivity index (χ4v) is 2.30. The second-order valence-electron chi connectivity index (χ2n) is 5.30. The molecule has 0 N–H and O–H groups in total. The average molecular weight is 361 g/mol. The number of fused-ring (bicyclic) bond motifs is 1. The molecule has 0 atom stereocenters. The fraction of sp³-hybridized carbons (Fsp3) is 0.125. The van der Waals surface area contributed by atoms with E-state index in [0.29, 0.717) is 5.89 Å². The molecule has 4 aromatic rings. The van der Waals surface area contributed by atoms with Crippen LogP contribution >= 0.6 is 0 Å². The van der Waals surface area contributed by atoms with Crippen molar-refractivity contribution >= 4 is 11.0 Å². The Kier molecular flexibility index (Phi) is 3.79. The summed E-state index contributed by atoms with van der Waals surface area (Å²) in [5.41, 5.74) is 0.282. The largest absolute Gasteiger partial charge is 0.417 e. The lowest BCUT2D eigenvalue weighted by atomic mass is 10.2. The van der Waals surface area contributed by atoms with Crippen molar-refractivity contribution in [1.82, 2.24) is 25.4 Å². The molecule has 0 unspecified atom stereocenters. The first-order valence-electron chi connectivity index (χ1n) is 7.44. The highest BCUT2D eigenvalue weighted by molar-refractivity contribution is 5.74. The van der Waals surface area contributed by atoms with E-state index in [4.69, 9.17) is 9.25 Å². The van der Waals surface area contributed by atoms with Crippen LogP contribution in [0.15, 0.2) is 52.9 Å². The number of hydrogen-bond acceptors (Lipinski definition) is 6. The summed E-state index contributed by atoms with van der Waals surface area (Å²) in [6.07, 6.45) is -4.47. The Labute approximate surface area is 144 Å². The highest BCUT2D eigenvalue weighted by atomic mass is 19.4. The summed E-state index contributed by atoms with van der Waals surface area (Å²) in [7, 11) is 0. The van der Waals surface area contributed by atoms with Gasteiger partial charge in [0.15, 0.2) is 6.61 Å². The number of hydrogen-bond donors (Lipinski definition) is 0. The number of aromatic nitrogens is 5. The summed E-state index contributed by atoms with van der Waals surface area (Å²) < 4.78 is 44.0.